The Kier molecular flexibility index (Phi) is 3.78. The van der Waals surface area contributed by atoms with Crippen LogP contribution in [0.4, 0.5) is 5.69 Å². The number of carbonyl (C=O) groups excluding carboxylic acids is 2. The lowest BCUT2D eigenvalue weighted by atomic mass is 9.96. The van der Waals surface area contributed by atoms with Gasteiger partial charge in [-0.2, -0.15) is 0 Å². The first kappa shape index (κ1) is 12.1. The molecule has 1 aliphatic rings. The van der Waals surface area contributed by atoms with Gasteiger partial charge in [-0.25, -0.2) is 0 Å². The van der Waals surface area contributed by atoms with Gasteiger partial charge in [0.15, 0.2) is 0 Å². The molecule has 0 aliphatic carbocycles. The molecule has 17 heavy (non-hydrogen) atoms. The van der Waals surface area contributed by atoms with Gasteiger partial charge in [-0.05, 0) is 30.7 Å². The molecule has 1 saturated heterocycles. The van der Waals surface area contributed by atoms with Crippen LogP contribution in [-0.4, -0.2) is 18.4 Å². The second kappa shape index (κ2) is 5.31. The van der Waals surface area contributed by atoms with Crippen molar-refractivity contribution >= 4 is 33.4 Å². The number of nitrogens with one attached hydrogen (secondary N) is 2. The average molecular weight is 297 g/mol. The van der Waals surface area contributed by atoms with Crippen molar-refractivity contribution in [1.29, 1.82) is 0 Å². The minimum absolute atomic E-state index is 0.0489. The zero-order valence-corrected chi connectivity index (χ0v) is 10.8. The molecule has 1 unspecified atom stereocenters. The molecule has 0 bridgehead atoms. The maximum absolute atomic E-state index is 11.9. The minimum Gasteiger partial charge on any atom is -0.356 e. The molecule has 0 radical (unpaired) electrons. The summed E-state index contributed by atoms with van der Waals surface area (Å²) in [6, 6.07) is 7.38. The third-order valence-corrected chi connectivity index (χ3v) is 3.26. The molecule has 1 aliphatic heterocycles. The first-order valence-electron chi connectivity index (χ1n) is 5.48. The number of hydrogen-bond donors (Lipinski definition) is 2. The van der Waals surface area contributed by atoms with Crippen LogP contribution >= 0.6 is 15.9 Å². The molecule has 90 valence electrons. The van der Waals surface area contributed by atoms with Crippen molar-refractivity contribution in [2.24, 2.45) is 5.92 Å². The fourth-order valence-corrected chi connectivity index (χ4v) is 2.05. The Bertz CT molecular complexity index is 431. The van der Waals surface area contributed by atoms with Crippen molar-refractivity contribution in [2.45, 2.75) is 12.8 Å². The van der Waals surface area contributed by atoms with Crippen LogP contribution in [0.1, 0.15) is 12.8 Å². The number of hydrogen-bond acceptors (Lipinski definition) is 2. The topological polar surface area (TPSA) is 58.2 Å². The molecule has 0 saturated carbocycles. The molecule has 4 nitrogen and oxygen atoms in total. The van der Waals surface area contributed by atoms with Crippen LogP contribution in [0.25, 0.3) is 0 Å². The van der Waals surface area contributed by atoms with E-state index in [0.29, 0.717) is 13.0 Å². The molecule has 0 aromatic heterocycles. The summed E-state index contributed by atoms with van der Waals surface area (Å²) in [5.41, 5.74) is 0.754. The van der Waals surface area contributed by atoms with E-state index in [0.717, 1.165) is 10.2 Å². The van der Waals surface area contributed by atoms with E-state index in [1.165, 1.54) is 0 Å². The molecule has 2 N–H and O–H groups in total. The van der Waals surface area contributed by atoms with E-state index in [2.05, 4.69) is 26.6 Å². The number of benzene rings is 1. The summed E-state index contributed by atoms with van der Waals surface area (Å²) >= 11 is 3.33. The number of rotatable bonds is 2. The van der Waals surface area contributed by atoms with E-state index < -0.39 is 0 Å². The van der Waals surface area contributed by atoms with Crippen LogP contribution in [0.15, 0.2) is 28.7 Å². The Hall–Kier alpha value is -1.36. The Morgan fingerprint density at radius 1 is 1.35 bits per heavy atom. The van der Waals surface area contributed by atoms with Crippen molar-refractivity contribution in [3.63, 3.8) is 0 Å². The number of piperidine rings is 1. The maximum atomic E-state index is 11.9. The monoisotopic (exact) mass is 296 g/mol. The molecule has 2 rings (SSSR count). The molecule has 1 atom stereocenters. The van der Waals surface area contributed by atoms with Crippen molar-refractivity contribution in [2.75, 3.05) is 11.9 Å². The number of anilines is 1. The summed E-state index contributed by atoms with van der Waals surface area (Å²) in [6.45, 7) is 0.581. The molecule has 1 aromatic carbocycles. The van der Waals surface area contributed by atoms with Gasteiger partial charge in [-0.15, -0.1) is 0 Å². The molecule has 1 heterocycles. The van der Waals surface area contributed by atoms with Crippen LogP contribution in [0.5, 0.6) is 0 Å². The third-order valence-electron chi connectivity index (χ3n) is 2.73. The van der Waals surface area contributed by atoms with Crippen molar-refractivity contribution < 1.29 is 9.59 Å². The summed E-state index contributed by atoms with van der Waals surface area (Å²) < 4.78 is 0.965. The van der Waals surface area contributed by atoms with Crippen LogP contribution < -0.4 is 10.6 Å². The fraction of sp³-hybridized carbons (Fsp3) is 0.333. The summed E-state index contributed by atoms with van der Waals surface area (Å²) in [5.74, 6) is -0.346. The highest BCUT2D eigenvalue weighted by atomic mass is 79.9. The van der Waals surface area contributed by atoms with Crippen molar-refractivity contribution in [3.8, 4) is 0 Å². The Morgan fingerprint density at radius 2 is 2.06 bits per heavy atom. The Balaban J connectivity index is 1.96. The van der Waals surface area contributed by atoms with Gasteiger partial charge in [0.2, 0.25) is 11.8 Å². The van der Waals surface area contributed by atoms with Crippen molar-refractivity contribution in [1.82, 2.24) is 5.32 Å². The second-order valence-corrected chi connectivity index (χ2v) is 4.95. The highest BCUT2D eigenvalue weighted by Gasteiger charge is 2.25. The molecule has 5 heteroatoms. The van der Waals surface area contributed by atoms with Crippen molar-refractivity contribution in [3.05, 3.63) is 28.7 Å². The maximum Gasteiger partial charge on any atom is 0.228 e. The van der Waals surface area contributed by atoms with Gasteiger partial charge < -0.3 is 10.6 Å². The zero-order valence-electron chi connectivity index (χ0n) is 9.20. The quantitative estimate of drug-likeness (QED) is 0.876. The lowest BCUT2D eigenvalue weighted by Crippen LogP contribution is -2.38. The van der Waals surface area contributed by atoms with Gasteiger partial charge in [0.1, 0.15) is 0 Å². The second-order valence-electron chi connectivity index (χ2n) is 4.04. The molecule has 1 aromatic rings. The van der Waals surface area contributed by atoms with Gasteiger partial charge in [0, 0.05) is 29.0 Å². The molecule has 1 fully saturated rings. The Labute approximate surface area is 108 Å². The average Bonchev–Trinajstić information content (AvgIpc) is 2.32. The van der Waals surface area contributed by atoms with Gasteiger partial charge in [-0.3, -0.25) is 9.59 Å². The highest BCUT2D eigenvalue weighted by Crippen LogP contribution is 2.18. The summed E-state index contributed by atoms with van der Waals surface area (Å²) in [7, 11) is 0. The number of amides is 2. The normalized spacial score (nSPS) is 19.6. The van der Waals surface area contributed by atoms with Gasteiger partial charge in [-0.1, -0.05) is 15.9 Å². The first-order valence-corrected chi connectivity index (χ1v) is 6.27. The fourth-order valence-electron chi connectivity index (χ4n) is 1.79. The van der Waals surface area contributed by atoms with E-state index >= 15 is 0 Å². The van der Waals surface area contributed by atoms with E-state index in [1.807, 2.05) is 24.3 Å². The molecule has 0 spiro atoms. The summed E-state index contributed by atoms with van der Waals surface area (Å²) in [5, 5.41) is 5.53. The van der Waals surface area contributed by atoms with Crippen LogP contribution in [0, 0.1) is 5.92 Å². The van der Waals surface area contributed by atoms with Crippen LogP contribution in [0.3, 0.4) is 0 Å². The summed E-state index contributed by atoms with van der Waals surface area (Å²) in [4.78, 5) is 23.1. The molecular weight excluding hydrogens is 284 g/mol. The number of carbonyl (C=O) groups is 2. The molecule has 2 amide bonds. The largest absolute Gasteiger partial charge is 0.356 e. The SMILES string of the molecule is O=C1CC(C(=O)Nc2ccc(Br)cc2)CCN1. The lowest BCUT2D eigenvalue weighted by molar-refractivity contribution is -0.129. The van der Waals surface area contributed by atoms with E-state index in [1.54, 1.807) is 0 Å². The highest BCUT2D eigenvalue weighted by molar-refractivity contribution is 9.10. The predicted molar refractivity (Wildman–Crippen MR) is 68.5 cm³/mol. The summed E-state index contributed by atoms with van der Waals surface area (Å²) in [6.07, 6.45) is 0.983. The predicted octanol–water partition coefficient (Wildman–Crippen LogP) is 1.91. The first-order chi connectivity index (χ1) is 8.15. The standard InChI is InChI=1S/C12H13BrN2O2/c13-9-1-3-10(4-2-9)15-12(17)8-5-6-14-11(16)7-8/h1-4,8H,5-7H2,(H,14,16)(H,15,17). The zero-order chi connectivity index (χ0) is 12.3. The van der Waals surface area contributed by atoms with Crippen LogP contribution in [0.2, 0.25) is 0 Å². The van der Waals surface area contributed by atoms with E-state index in [-0.39, 0.29) is 24.2 Å². The lowest BCUT2D eigenvalue weighted by Gasteiger charge is -2.21. The number of halogens is 1. The van der Waals surface area contributed by atoms with Gasteiger partial charge in [0.05, 0.1) is 0 Å². The third kappa shape index (κ3) is 3.30. The van der Waals surface area contributed by atoms with Crippen LogP contribution in [-0.2, 0) is 9.59 Å². The Morgan fingerprint density at radius 3 is 2.71 bits per heavy atom. The van der Waals surface area contributed by atoms with Gasteiger partial charge in [0.25, 0.3) is 0 Å². The van der Waals surface area contributed by atoms with Gasteiger partial charge >= 0.3 is 0 Å². The molecular formula is C12H13BrN2O2. The smallest absolute Gasteiger partial charge is 0.228 e. The van der Waals surface area contributed by atoms with E-state index in [9.17, 15) is 9.59 Å². The van der Waals surface area contributed by atoms with E-state index in [4.69, 9.17) is 0 Å². The minimum atomic E-state index is -0.215.